The van der Waals surface area contributed by atoms with Crippen LogP contribution < -0.4 is 10.6 Å². The minimum Gasteiger partial charge on any atom is -0.378 e. The Bertz CT molecular complexity index is 1390. The monoisotopic (exact) mass is 550 g/mol. The van der Waals surface area contributed by atoms with Crippen LogP contribution in [0.3, 0.4) is 0 Å². The molecule has 0 bridgehead atoms. The number of hydrogen-bond acceptors (Lipinski definition) is 7. The molecule has 0 saturated carbocycles. The first-order valence-corrected chi connectivity index (χ1v) is 11.7. The molecule has 0 radical (unpaired) electrons. The highest BCUT2D eigenvalue weighted by molar-refractivity contribution is 6.41. The van der Waals surface area contributed by atoms with Crippen LogP contribution in [0.25, 0.3) is 5.70 Å². The van der Waals surface area contributed by atoms with Gasteiger partial charge in [0.05, 0.1) is 35.7 Å². The number of benzene rings is 1. The molecule has 39 heavy (non-hydrogen) atoms. The highest BCUT2D eigenvalue weighted by Gasteiger charge is 2.37. The van der Waals surface area contributed by atoms with Gasteiger partial charge in [0.1, 0.15) is 5.84 Å². The van der Waals surface area contributed by atoms with E-state index in [1.165, 1.54) is 41.4 Å². The van der Waals surface area contributed by atoms with E-state index in [1.807, 2.05) is 0 Å². The fraction of sp³-hybridized carbons (Fsp3) is 0.280. The van der Waals surface area contributed by atoms with E-state index >= 15 is 0 Å². The highest BCUT2D eigenvalue weighted by Crippen LogP contribution is 2.35. The Morgan fingerprint density at radius 3 is 2.38 bits per heavy atom. The van der Waals surface area contributed by atoms with Crippen molar-refractivity contribution < 1.29 is 35.9 Å². The fourth-order valence-electron chi connectivity index (χ4n) is 4.16. The Labute approximate surface area is 217 Å². The predicted octanol–water partition coefficient (Wildman–Crippen LogP) is 4.10. The molecule has 3 aliphatic heterocycles. The van der Waals surface area contributed by atoms with Gasteiger partial charge in [-0.05, 0) is 48.6 Å². The number of nitrogens with zero attached hydrogens (tertiary/aromatic N) is 4. The summed E-state index contributed by atoms with van der Waals surface area (Å²) in [5.41, 5.74) is -1.52. The van der Waals surface area contributed by atoms with E-state index in [0.717, 1.165) is 18.2 Å². The molecule has 0 spiro atoms. The average molecular weight is 550 g/mol. The summed E-state index contributed by atoms with van der Waals surface area (Å²) in [6, 6.07) is 6.27. The second-order valence-corrected chi connectivity index (χ2v) is 8.66. The van der Waals surface area contributed by atoms with Gasteiger partial charge in [-0.3, -0.25) is 9.78 Å². The summed E-state index contributed by atoms with van der Waals surface area (Å²) in [5.74, 6) is -0.638. The summed E-state index contributed by atoms with van der Waals surface area (Å²) in [7, 11) is 0. The maximum atomic E-state index is 13.6. The molecule has 1 fully saturated rings. The van der Waals surface area contributed by atoms with Crippen molar-refractivity contribution in [2.45, 2.75) is 18.5 Å². The van der Waals surface area contributed by atoms with Crippen LogP contribution in [0.15, 0.2) is 70.3 Å². The molecule has 0 aliphatic carbocycles. The van der Waals surface area contributed by atoms with Crippen LogP contribution in [0, 0.1) is 0 Å². The van der Waals surface area contributed by atoms with Gasteiger partial charge in [0.15, 0.2) is 6.17 Å². The maximum absolute atomic E-state index is 13.6. The number of aliphatic imine (C=N–C) groups is 2. The van der Waals surface area contributed by atoms with Crippen molar-refractivity contribution in [3.05, 3.63) is 77.1 Å². The van der Waals surface area contributed by atoms with Gasteiger partial charge in [0, 0.05) is 30.5 Å². The zero-order valence-corrected chi connectivity index (χ0v) is 20.0. The SMILES string of the molecule is O=C(C1=NC2NC(c3ncccc3C(F)(F)F)=CC=C2C(Nc2ccc(C(F)(F)F)cc2)=N1)N1CCOCC1. The van der Waals surface area contributed by atoms with Crippen LogP contribution in [-0.2, 0) is 21.9 Å². The van der Waals surface area contributed by atoms with E-state index in [9.17, 15) is 31.1 Å². The van der Waals surface area contributed by atoms with Crippen LogP contribution in [0.5, 0.6) is 0 Å². The molecule has 14 heteroatoms. The number of morpholine rings is 1. The summed E-state index contributed by atoms with van der Waals surface area (Å²) < 4.78 is 85.1. The van der Waals surface area contributed by atoms with Gasteiger partial charge in [0.2, 0.25) is 5.84 Å². The lowest BCUT2D eigenvalue weighted by Crippen LogP contribution is -2.47. The number of pyridine rings is 1. The van der Waals surface area contributed by atoms with Crippen LogP contribution in [0.4, 0.5) is 32.0 Å². The highest BCUT2D eigenvalue weighted by atomic mass is 19.4. The molecule has 2 N–H and O–H groups in total. The Morgan fingerprint density at radius 1 is 1.00 bits per heavy atom. The third kappa shape index (κ3) is 5.65. The normalized spacial score (nSPS) is 19.6. The second-order valence-electron chi connectivity index (χ2n) is 8.66. The lowest BCUT2D eigenvalue weighted by molar-refractivity contribution is -0.138. The van der Waals surface area contributed by atoms with E-state index in [4.69, 9.17) is 4.74 Å². The summed E-state index contributed by atoms with van der Waals surface area (Å²) in [6.45, 7) is 1.23. The molecular formula is C25H20F6N6O2. The first-order valence-electron chi connectivity index (χ1n) is 11.7. The molecule has 4 heterocycles. The molecule has 2 aromatic rings. The summed E-state index contributed by atoms with van der Waals surface area (Å²) >= 11 is 0. The third-order valence-corrected chi connectivity index (χ3v) is 6.09. The van der Waals surface area contributed by atoms with Gasteiger partial charge in [-0.2, -0.15) is 26.3 Å². The van der Waals surface area contributed by atoms with Gasteiger partial charge in [-0.15, -0.1) is 0 Å². The zero-order valence-electron chi connectivity index (χ0n) is 20.0. The Balaban J connectivity index is 1.51. The van der Waals surface area contributed by atoms with Gasteiger partial charge in [-0.1, -0.05) is 0 Å². The number of amidine groups is 2. The zero-order chi connectivity index (χ0) is 27.8. The van der Waals surface area contributed by atoms with Gasteiger partial charge >= 0.3 is 12.4 Å². The molecule has 204 valence electrons. The van der Waals surface area contributed by atoms with E-state index in [2.05, 4.69) is 25.6 Å². The number of carbonyl (C=O) groups excluding carboxylic acids is 1. The topological polar surface area (TPSA) is 91.2 Å². The Morgan fingerprint density at radius 2 is 1.72 bits per heavy atom. The first kappa shape index (κ1) is 26.4. The number of rotatable bonds is 3. The molecule has 1 atom stereocenters. The smallest absolute Gasteiger partial charge is 0.378 e. The second kappa shape index (κ2) is 10.2. The molecule has 3 aliphatic rings. The number of fused-ring (bicyclic) bond motifs is 1. The first-order chi connectivity index (χ1) is 18.5. The number of halogens is 6. The van der Waals surface area contributed by atoms with Crippen LogP contribution >= 0.6 is 0 Å². The summed E-state index contributed by atoms with van der Waals surface area (Å²) in [6.07, 6.45) is -6.14. The van der Waals surface area contributed by atoms with Gasteiger partial charge < -0.3 is 20.3 Å². The van der Waals surface area contributed by atoms with Crippen molar-refractivity contribution in [1.82, 2.24) is 15.2 Å². The Hall–Kier alpha value is -4.20. The van der Waals surface area contributed by atoms with E-state index in [0.29, 0.717) is 31.9 Å². The summed E-state index contributed by atoms with van der Waals surface area (Å²) in [5, 5.41) is 5.80. The number of dihydropyridines is 1. The minimum absolute atomic E-state index is 0.0226. The van der Waals surface area contributed by atoms with Crippen LogP contribution in [-0.4, -0.2) is 59.9 Å². The van der Waals surface area contributed by atoms with Crippen LogP contribution in [0.2, 0.25) is 0 Å². The standard InChI is InChI=1S/C25H20F6N6O2/c26-24(27,28)14-3-5-15(6-4-14)33-20-16-7-8-18(19-17(25(29,30)31)2-1-9-32-19)34-21(16)36-22(35-20)23(38)37-10-12-39-13-11-37/h1-9,21,34H,10-13H2,(H,33,35,36). The van der Waals surface area contributed by atoms with Crippen molar-refractivity contribution in [1.29, 1.82) is 0 Å². The summed E-state index contributed by atoms with van der Waals surface area (Å²) in [4.78, 5) is 27.2. The predicted molar refractivity (Wildman–Crippen MR) is 130 cm³/mol. The molecule has 1 aromatic heterocycles. The Kier molecular flexibility index (Phi) is 6.89. The number of aromatic nitrogens is 1. The molecular weight excluding hydrogens is 530 g/mol. The van der Waals surface area contributed by atoms with Gasteiger partial charge in [-0.25, -0.2) is 9.98 Å². The molecule has 1 unspecified atom stereocenters. The van der Waals surface area contributed by atoms with Crippen molar-refractivity contribution in [2.75, 3.05) is 31.6 Å². The fourth-order valence-corrected chi connectivity index (χ4v) is 4.16. The average Bonchev–Trinajstić information content (AvgIpc) is 2.92. The van der Waals surface area contributed by atoms with Crippen molar-refractivity contribution >= 4 is 29.0 Å². The van der Waals surface area contributed by atoms with E-state index in [1.54, 1.807) is 0 Å². The number of amides is 1. The van der Waals surface area contributed by atoms with Crippen molar-refractivity contribution in [3.8, 4) is 0 Å². The number of nitrogens with one attached hydrogen (secondary N) is 2. The van der Waals surface area contributed by atoms with Gasteiger partial charge in [0.25, 0.3) is 5.91 Å². The van der Waals surface area contributed by atoms with Crippen molar-refractivity contribution in [2.24, 2.45) is 9.98 Å². The van der Waals surface area contributed by atoms with E-state index in [-0.39, 0.29) is 28.7 Å². The molecule has 8 nitrogen and oxygen atoms in total. The quantitative estimate of drug-likeness (QED) is 0.562. The van der Waals surface area contributed by atoms with Crippen molar-refractivity contribution in [3.63, 3.8) is 0 Å². The third-order valence-electron chi connectivity index (χ3n) is 6.09. The molecule has 1 aromatic carbocycles. The number of carbonyl (C=O) groups is 1. The number of alkyl halides is 6. The maximum Gasteiger partial charge on any atom is 0.418 e. The molecule has 1 saturated heterocycles. The lowest BCUT2D eigenvalue weighted by Gasteiger charge is -2.31. The largest absolute Gasteiger partial charge is 0.418 e. The number of hydrogen-bond donors (Lipinski definition) is 2. The lowest BCUT2D eigenvalue weighted by atomic mass is 10.0. The number of ether oxygens (including phenoxy) is 1. The molecule has 1 amide bonds. The number of anilines is 1. The number of allylic oxidation sites excluding steroid dienone is 2. The molecule has 5 rings (SSSR count). The minimum atomic E-state index is -4.67. The van der Waals surface area contributed by atoms with Crippen LogP contribution in [0.1, 0.15) is 16.8 Å². The van der Waals surface area contributed by atoms with E-state index < -0.39 is 35.6 Å².